The van der Waals surface area contributed by atoms with Gasteiger partial charge < -0.3 is 15.0 Å². The molecule has 4 heteroatoms. The molecule has 0 amide bonds. The number of carboxylic acid groups (broad SMARTS) is 1. The maximum Gasteiger partial charge on any atom is 0.306 e. The normalized spacial score (nSPS) is 24.5. The molecule has 0 spiro atoms. The van der Waals surface area contributed by atoms with Crippen LogP contribution in [0.1, 0.15) is 25.7 Å². The summed E-state index contributed by atoms with van der Waals surface area (Å²) in [6, 6.07) is 2.06. The fourth-order valence-electron chi connectivity index (χ4n) is 2.64. The van der Waals surface area contributed by atoms with Crippen molar-refractivity contribution >= 4 is 11.7 Å². The van der Waals surface area contributed by atoms with E-state index in [2.05, 4.69) is 23.0 Å². The molecule has 0 unspecified atom stereocenters. The van der Waals surface area contributed by atoms with Crippen LogP contribution in [0, 0.1) is 11.8 Å². The number of nitrogens with one attached hydrogen (secondary N) is 1. The predicted octanol–water partition coefficient (Wildman–Crippen LogP) is 2.34. The summed E-state index contributed by atoms with van der Waals surface area (Å²) >= 11 is 0. The zero-order valence-electron chi connectivity index (χ0n) is 10.2. The Balaban J connectivity index is 1.80. The summed E-state index contributed by atoms with van der Waals surface area (Å²) < 4.78 is 0. The molecule has 94 valence electrons. The minimum atomic E-state index is -0.623. The highest BCUT2D eigenvalue weighted by atomic mass is 16.4. The molecule has 2 N–H and O–H groups in total. The number of carbonyl (C=O) groups is 1. The van der Waals surface area contributed by atoms with E-state index < -0.39 is 5.97 Å². The van der Waals surface area contributed by atoms with Gasteiger partial charge in [0.25, 0.3) is 0 Å². The summed E-state index contributed by atoms with van der Waals surface area (Å²) in [5, 5.41) is 8.94. The third-order valence-electron chi connectivity index (χ3n) is 3.75. The average molecular weight is 236 g/mol. The molecule has 1 fully saturated rings. The van der Waals surface area contributed by atoms with Crippen molar-refractivity contribution < 1.29 is 9.90 Å². The smallest absolute Gasteiger partial charge is 0.306 e. The van der Waals surface area contributed by atoms with E-state index in [1.807, 2.05) is 12.4 Å². The second-order valence-electron chi connectivity index (χ2n) is 5.01. The molecule has 0 aliphatic heterocycles. The first-order valence-electron chi connectivity index (χ1n) is 6.23. The number of rotatable bonds is 4. The molecule has 1 saturated carbocycles. The minimum absolute atomic E-state index is 0.108. The maximum atomic E-state index is 10.9. The van der Waals surface area contributed by atoms with Gasteiger partial charge in [0.05, 0.1) is 11.6 Å². The van der Waals surface area contributed by atoms with Crippen LogP contribution in [-0.2, 0) is 4.79 Å². The zero-order valence-corrected chi connectivity index (χ0v) is 10.2. The van der Waals surface area contributed by atoms with Crippen molar-refractivity contribution in [2.45, 2.75) is 25.7 Å². The van der Waals surface area contributed by atoms with Gasteiger partial charge in [0, 0.05) is 26.0 Å². The lowest BCUT2D eigenvalue weighted by Crippen LogP contribution is -2.30. The molecule has 0 atom stereocenters. The molecular formula is C13H20N2O2. The Morgan fingerprint density at radius 1 is 1.47 bits per heavy atom. The Kier molecular flexibility index (Phi) is 3.71. The number of H-pyrrole nitrogens is 1. The first-order valence-corrected chi connectivity index (χ1v) is 6.23. The molecule has 2 rings (SSSR count). The Hall–Kier alpha value is -1.45. The molecule has 0 saturated heterocycles. The number of nitrogens with zero attached hydrogens (tertiary/aromatic N) is 1. The largest absolute Gasteiger partial charge is 0.481 e. The molecule has 0 radical (unpaired) electrons. The van der Waals surface area contributed by atoms with Gasteiger partial charge in [-0.05, 0) is 37.7 Å². The van der Waals surface area contributed by atoms with Crippen LogP contribution < -0.4 is 4.90 Å². The lowest BCUT2D eigenvalue weighted by molar-refractivity contribution is -0.143. The molecule has 1 heterocycles. The minimum Gasteiger partial charge on any atom is -0.481 e. The maximum absolute atomic E-state index is 10.9. The van der Waals surface area contributed by atoms with Gasteiger partial charge in [0.1, 0.15) is 0 Å². The second-order valence-corrected chi connectivity index (χ2v) is 5.01. The second kappa shape index (κ2) is 5.25. The standard InChI is InChI=1S/C13H20N2O2/c1-15(12-6-7-14-8-12)9-10-2-4-11(5-3-10)13(16)17/h6-8,10-11,14H,2-5,9H2,1H3,(H,16,17). The van der Waals surface area contributed by atoms with Crippen LogP contribution in [0.3, 0.4) is 0 Å². The lowest BCUT2D eigenvalue weighted by atomic mass is 9.82. The molecule has 1 aliphatic carbocycles. The number of aliphatic carboxylic acids is 1. The fourth-order valence-corrected chi connectivity index (χ4v) is 2.64. The van der Waals surface area contributed by atoms with Crippen LogP contribution in [0.25, 0.3) is 0 Å². The summed E-state index contributed by atoms with van der Waals surface area (Å²) in [4.78, 5) is 16.1. The number of hydrogen-bond acceptors (Lipinski definition) is 2. The van der Waals surface area contributed by atoms with Crippen molar-refractivity contribution in [1.82, 2.24) is 4.98 Å². The van der Waals surface area contributed by atoms with Gasteiger partial charge in [-0.2, -0.15) is 0 Å². The van der Waals surface area contributed by atoms with Crippen molar-refractivity contribution in [1.29, 1.82) is 0 Å². The molecule has 4 nitrogen and oxygen atoms in total. The highest BCUT2D eigenvalue weighted by molar-refractivity contribution is 5.70. The fraction of sp³-hybridized carbons (Fsp3) is 0.615. The van der Waals surface area contributed by atoms with Crippen LogP contribution >= 0.6 is 0 Å². The molecular weight excluding hydrogens is 216 g/mol. The van der Waals surface area contributed by atoms with E-state index in [1.165, 1.54) is 5.69 Å². The summed E-state index contributed by atoms with van der Waals surface area (Å²) in [6.45, 7) is 1.02. The number of hydrogen-bond donors (Lipinski definition) is 2. The van der Waals surface area contributed by atoms with E-state index >= 15 is 0 Å². The van der Waals surface area contributed by atoms with Crippen LogP contribution in [-0.4, -0.2) is 29.7 Å². The van der Waals surface area contributed by atoms with Gasteiger partial charge in [-0.15, -0.1) is 0 Å². The van der Waals surface area contributed by atoms with Gasteiger partial charge >= 0.3 is 5.97 Å². The highest BCUT2D eigenvalue weighted by Gasteiger charge is 2.26. The molecule has 0 bridgehead atoms. The van der Waals surface area contributed by atoms with Gasteiger partial charge in [-0.3, -0.25) is 4.79 Å². The Morgan fingerprint density at radius 3 is 2.71 bits per heavy atom. The molecule has 1 aromatic rings. The van der Waals surface area contributed by atoms with E-state index in [-0.39, 0.29) is 5.92 Å². The molecule has 17 heavy (non-hydrogen) atoms. The van der Waals surface area contributed by atoms with Crippen LogP contribution in [0.2, 0.25) is 0 Å². The topological polar surface area (TPSA) is 56.3 Å². The van der Waals surface area contributed by atoms with E-state index in [9.17, 15) is 4.79 Å². The highest BCUT2D eigenvalue weighted by Crippen LogP contribution is 2.30. The average Bonchev–Trinajstić information content (AvgIpc) is 2.83. The van der Waals surface area contributed by atoms with Gasteiger partial charge in [0.15, 0.2) is 0 Å². The first-order chi connectivity index (χ1) is 8.16. The monoisotopic (exact) mass is 236 g/mol. The number of anilines is 1. The van der Waals surface area contributed by atoms with E-state index in [0.717, 1.165) is 32.2 Å². The summed E-state index contributed by atoms with van der Waals surface area (Å²) in [6.07, 6.45) is 7.65. The first kappa shape index (κ1) is 12.0. The third kappa shape index (κ3) is 3.02. The van der Waals surface area contributed by atoms with Gasteiger partial charge in [-0.1, -0.05) is 0 Å². The Bertz CT molecular complexity index is 354. The zero-order chi connectivity index (χ0) is 12.3. The van der Waals surface area contributed by atoms with E-state index in [4.69, 9.17) is 5.11 Å². The van der Waals surface area contributed by atoms with Crippen molar-refractivity contribution in [2.24, 2.45) is 11.8 Å². The van der Waals surface area contributed by atoms with Crippen molar-refractivity contribution in [2.75, 3.05) is 18.5 Å². The molecule has 1 aromatic heterocycles. The summed E-state index contributed by atoms with van der Waals surface area (Å²) in [5.74, 6) is -0.100. The molecule has 1 aliphatic rings. The number of aromatic amines is 1. The number of aromatic nitrogens is 1. The Labute approximate surface area is 102 Å². The lowest BCUT2D eigenvalue weighted by Gasteiger charge is -2.30. The van der Waals surface area contributed by atoms with Crippen molar-refractivity contribution in [3.05, 3.63) is 18.5 Å². The van der Waals surface area contributed by atoms with E-state index in [0.29, 0.717) is 5.92 Å². The quantitative estimate of drug-likeness (QED) is 0.843. The number of carboxylic acids is 1. The van der Waals surface area contributed by atoms with Gasteiger partial charge in [-0.25, -0.2) is 0 Å². The molecule has 0 aromatic carbocycles. The summed E-state index contributed by atoms with van der Waals surface area (Å²) in [7, 11) is 2.09. The van der Waals surface area contributed by atoms with Crippen LogP contribution in [0.5, 0.6) is 0 Å². The van der Waals surface area contributed by atoms with Crippen molar-refractivity contribution in [3.8, 4) is 0 Å². The SMILES string of the molecule is CN(CC1CCC(C(=O)O)CC1)c1cc[nH]c1. The Morgan fingerprint density at radius 2 is 2.18 bits per heavy atom. The third-order valence-corrected chi connectivity index (χ3v) is 3.75. The van der Waals surface area contributed by atoms with Crippen LogP contribution in [0.15, 0.2) is 18.5 Å². The van der Waals surface area contributed by atoms with Crippen LogP contribution in [0.4, 0.5) is 5.69 Å². The van der Waals surface area contributed by atoms with Crippen molar-refractivity contribution in [3.63, 3.8) is 0 Å². The predicted molar refractivity (Wildman–Crippen MR) is 67.1 cm³/mol. The van der Waals surface area contributed by atoms with E-state index in [1.54, 1.807) is 0 Å². The van der Waals surface area contributed by atoms with Gasteiger partial charge in [0.2, 0.25) is 0 Å². The summed E-state index contributed by atoms with van der Waals surface area (Å²) in [5.41, 5.74) is 1.20.